The molecule has 0 amide bonds. The average molecular weight is 252 g/mol. The van der Waals surface area contributed by atoms with Crippen LogP contribution in [0.15, 0.2) is 12.3 Å². The number of hydrogen-bond acceptors (Lipinski definition) is 5. The molecule has 5 nitrogen and oxygen atoms in total. The lowest BCUT2D eigenvalue weighted by Crippen LogP contribution is -2.41. The number of pyridine rings is 1. The molecule has 5 heteroatoms. The Morgan fingerprint density at radius 2 is 2.11 bits per heavy atom. The largest absolute Gasteiger partial charge is 0.383 e. The van der Waals surface area contributed by atoms with Crippen LogP contribution in [0.25, 0.3) is 0 Å². The maximum Gasteiger partial charge on any atom is 0.128 e. The van der Waals surface area contributed by atoms with Gasteiger partial charge in [-0.25, -0.2) is 4.98 Å². The van der Waals surface area contributed by atoms with E-state index in [1.165, 1.54) is 0 Å². The van der Waals surface area contributed by atoms with Crippen LogP contribution in [-0.2, 0) is 4.74 Å². The number of anilines is 1. The molecule has 18 heavy (non-hydrogen) atoms. The van der Waals surface area contributed by atoms with Gasteiger partial charge >= 0.3 is 0 Å². The molecule has 1 aromatic rings. The molecule has 5 N–H and O–H groups in total. The van der Waals surface area contributed by atoms with E-state index in [0.717, 1.165) is 11.1 Å². The highest BCUT2D eigenvalue weighted by molar-refractivity contribution is 5.43. The summed E-state index contributed by atoms with van der Waals surface area (Å²) in [4.78, 5) is 4.18. The molecule has 0 aliphatic rings. The maximum absolute atomic E-state index is 5.94. The van der Waals surface area contributed by atoms with Crippen LogP contribution in [-0.4, -0.2) is 17.7 Å². The van der Waals surface area contributed by atoms with E-state index >= 15 is 0 Å². The summed E-state index contributed by atoms with van der Waals surface area (Å²) in [5.41, 5.74) is 10.7. The maximum atomic E-state index is 5.94. The highest BCUT2D eigenvalue weighted by Crippen LogP contribution is 2.27. The fourth-order valence-corrected chi connectivity index (χ4v) is 2.08. The predicted molar refractivity (Wildman–Crippen MR) is 73.7 cm³/mol. The molecular formula is C13H24N4O. The Hall–Kier alpha value is -1.17. The van der Waals surface area contributed by atoms with Gasteiger partial charge in [0.15, 0.2) is 0 Å². The Labute approximate surface area is 109 Å². The predicted octanol–water partition coefficient (Wildman–Crippen LogP) is 1.54. The summed E-state index contributed by atoms with van der Waals surface area (Å²) in [5.74, 6) is 6.50. The molecule has 2 unspecified atom stereocenters. The molecule has 0 saturated carbocycles. The quantitative estimate of drug-likeness (QED) is 0.528. The van der Waals surface area contributed by atoms with E-state index in [0.29, 0.717) is 18.3 Å². The van der Waals surface area contributed by atoms with Crippen LogP contribution in [0.4, 0.5) is 5.82 Å². The van der Waals surface area contributed by atoms with Crippen molar-refractivity contribution in [2.45, 2.75) is 39.8 Å². The first-order valence-corrected chi connectivity index (χ1v) is 6.31. The molecule has 1 heterocycles. The van der Waals surface area contributed by atoms with Crippen molar-refractivity contribution in [1.82, 2.24) is 10.4 Å². The fraction of sp³-hybridized carbons (Fsp3) is 0.615. The minimum atomic E-state index is -0.155. The molecule has 0 aliphatic carbocycles. The zero-order chi connectivity index (χ0) is 13.7. The van der Waals surface area contributed by atoms with Gasteiger partial charge in [0.2, 0.25) is 0 Å². The Balaban J connectivity index is 3.10. The van der Waals surface area contributed by atoms with Crippen LogP contribution in [0.1, 0.15) is 37.9 Å². The summed E-state index contributed by atoms with van der Waals surface area (Å²) < 4.78 is 5.78. The third-order valence-electron chi connectivity index (χ3n) is 2.95. The van der Waals surface area contributed by atoms with Crippen LogP contribution in [0.3, 0.4) is 0 Å². The molecular weight excluding hydrogens is 228 g/mol. The molecule has 0 radical (unpaired) electrons. The summed E-state index contributed by atoms with van der Waals surface area (Å²) in [7, 11) is 0. The van der Waals surface area contributed by atoms with Gasteiger partial charge in [0, 0.05) is 18.4 Å². The molecule has 0 spiro atoms. The van der Waals surface area contributed by atoms with Gasteiger partial charge in [-0.2, -0.15) is 0 Å². The molecule has 102 valence electrons. The lowest BCUT2D eigenvalue weighted by molar-refractivity contribution is 0.00287. The summed E-state index contributed by atoms with van der Waals surface area (Å²) in [5, 5.41) is 0. The number of nitrogens with zero attached hydrogens (tertiary/aromatic N) is 1. The van der Waals surface area contributed by atoms with Crippen LogP contribution in [0.2, 0.25) is 0 Å². The van der Waals surface area contributed by atoms with Crippen molar-refractivity contribution in [2.75, 3.05) is 12.3 Å². The second kappa shape index (κ2) is 6.68. The molecule has 0 bridgehead atoms. The molecule has 0 fully saturated rings. The van der Waals surface area contributed by atoms with Crippen molar-refractivity contribution in [3.63, 3.8) is 0 Å². The van der Waals surface area contributed by atoms with Crippen molar-refractivity contribution in [2.24, 2.45) is 11.8 Å². The van der Waals surface area contributed by atoms with Crippen LogP contribution in [0, 0.1) is 12.8 Å². The summed E-state index contributed by atoms with van der Waals surface area (Å²) >= 11 is 0. The van der Waals surface area contributed by atoms with Crippen LogP contribution in [0.5, 0.6) is 0 Å². The third kappa shape index (κ3) is 3.41. The average Bonchev–Trinajstić information content (AvgIpc) is 2.33. The highest BCUT2D eigenvalue weighted by Gasteiger charge is 2.27. The van der Waals surface area contributed by atoms with Gasteiger partial charge in [-0.3, -0.25) is 11.3 Å². The molecule has 2 atom stereocenters. The van der Waals surface area contributed by atoms with Gasteiger partial charge < -0.3 is 10.5 Å². The number of nitrogens with two attached hydrogens (primary N) is 2. The van der Waals surface area contributed by atoms with Crippen LogP contribution < -0.4 is 17.0 Å². The zero-order valence-electron chi connectivity index (χ0n) is 11.6. The summed E-state index contributed by atoms with van der Waals surface area (Å²) in [6, 6.07) is 1.85. The topological polar surface area (TPSA) is 86.2 Å². The molecule has 0 aliphatic heterocycles. The molecule has 0 aromatic carbocycles. The van der Waals surface area contributed by atoms with Gasteiger partial charge in [-0.15, -0.1) is 0 Å². The third-order valence-corrected chi connectivity index (χ3v) is 2.95. The van der Waals surface area contributed by atoms with E-state index in [1.807, 2.05) is 19.9 Å². The number of aromatic nitrogens is 1. The van der Waals surface area contributed by atoms with Crippen molar-refractivity contribution in [3.05, 3.63) is 23.4 Å². The highest BCUT2D eigenvalue weighted by atomic mass is 16.5. The van der Waals surface area contributed by atoms with E-state index in [4.69, 9.17) is 16.3 Å². The number of ether oxygens (including phenoxy) is 1. The SMILES string of the molecule is CCOC(C(C)C)C(NN)c1cc(C)cnc1N. The Bertz CT molecular complexity index is 381. The second-order valence-corrected chi connectivity index (χ2v) is 4.80. The van der Waals surface area contributed by atoms with E-state index in [9.17, 15) is 0 Å². The first-order valence-electron chi connectivity index (χ1n) is 6.31. The first kappa shape index (κ1) is 14.9. The first-order chi connectivity index (χ1) is 8.51. The molecule has 1 aromatic heterocycles. The summed E-state index contributed by atoms with van der Waals surface area (Å²) in [6.07, 6.45) is 1.71. The van der Waals surface area contributed by atoms with Crippen molar-refractivity contribution in [3.8, 4) is 0 Å². The fourth-order valence-electron chi connectivity index (χ4n) is 2.08. The molecule has 0 saturated heterocycles. The number of nitrogen functional groups attached to an aromatic ring is 1. The monoisotopic (exact) mass is 252 g/mol. The second-order valence-electron chi connectivity index (χ2n) is 4.80. The Morgan fingerprint density at radius 1 is 1.44 bits per heavy atom. The van der Waals surface area contributed by atoms with Gasteiger partial charge in [0.05, 0.1) is 12.1 Å². The zero-order valence-corrected chi connectivity index (χ0v) is 11.6. The number of hydrazine groups is 1. The van der Waals surface area contributed by atoms with Gasteiger partial charge in [-0.1, -0.05) is 13.8 Å². The Morgan fingerprint density at radius 3 is 2.61 bits per heavy atom. The van der Waals surface area contributed by atoms with Gasteiger partial charge in [0.25, 0.3) is 0 Å². The smallest absolute Gasteiger partial charge is 0.128 e. The number of nitrogens with one attached hydrogen (secondary N) is 1. The van der Waals surface area contributed by atoms with Gasteiger partial charge in [0.1, 0.15) is 5.82 Å². The Kier molecular flexibility index (Phi) is 5.53. The van der Waals surface area contributed by atoms with Crippen molar-refractivity contribution in [1.29, 1.82) is 0 Å². The minimum Gasteiger partial charge on any atom is -0.383 e. The van der Waals surface area contributed by atoms with E-state index in [2.05, 4.69) is 24.3 Å². The standard InChI is InChI=1S/C13H24N4O/c1-5-18-12(8(2)3)11(17-15)10-6-9(4)7-16-13(10)14/h6-8,11-12,17H,5,15H2,1-4H3,(H2,14,16). The van der Waals surface area contributed by atoms with Crippen molar-refractivity contribution < 1.29 is 4.74 Å². The lowest BCUT2D eigenvalue weighted by atomic mass is 9.93. The number of hydrogen-bond donors (Lipinski definition) is 3. The number of aryl methyl sites for hydroxylation is 1. The molecule has 1 rings (SSSR count). The summed E-state index contributed by atoms with van der Waals surface area (Å²) in [6.45, 7) is 8.80. The van der Waals surface area contributed by atoms with Gasteiger partial charge in [-0.05, 0) is 31.4 Å². The normalized spacial score (nSPS) is 14.8. The minimum absolute atomic E-state index is 0.0362. The van der Waals surface area contributed by atoms with Crippen LogP contribution >= 0.6 is 0 Å². The van der Waals surface area contributed by atoms with Crippen molar-refractivity contribution >= 4 is 5.82 Å². The van der Waals surface area contributed by atoms with E-state index in [-0.39, 0.29) is 12.1 Å². The van der Waals surface area contributed by atoms with E-state index in [1.54, 1.807) is 6.20 Å². The lowest BCUT2D eigenvalue weighted by Gasteiger charge is -2.30. The number of rotatable bonds is 6. The van der Waals surface area contributed by atoms with E-state index < -0.39 is 0 Å².